The maximum Gasteiger partial charge on any atom is 0.364 e. The van der Waals surface area contributed by atoms with Crippen molar-refractivity contribution in [1.82, 2.24) is 5.32 Å². The maximum absolute atomic E-state index is 12.6. The Balaban J connectivity index is 3.50. The molecule has 0 aliphatic heterocycles. The number of aliphatic carboxylic acids is 1. The van der Waals surface area contributed by atoms with E-state index in [-0.39, 0.29) is 24.0 Å². The molecule has 196 valence electrons. The summed E-state index contributed by atoms with van der Waals surface area (Å²) < 4.78 is 16.4. The van der Waals surface area contributed by atoms with Crippen LogP contribution in [0.3, 0.4) is 0 Å². The minimum Gasteiger partial charge on any atom is -0.477 e. The molecule has 0 saturated heterocycles. The smallest absolute Gasteiger partial charge is 0.364 e. The molecule has 0 fully saturated rings. The van der Waals surface area contributed by atoms with Crippen molar-refractivity contribution in [2.45, 2.75) is 86.4 Å². The number of carboxylic acids is 1. The highest BCUT2D eigenvalue weighted by molar-refractivity contribution is 5.83. The van der Waals surface area contributed by atoms with Gasteiger partial charge in [-0.05, 0) is 37.5 Å². The molecule has 1 rings (SSSR count). The lowest BCUT2D eigenvalue weighted by molar-refractivity contribution is -0.187. The molecule has 0 aliphatic rings. The van der Waals surface area contributed by atoms with Crippen molar-refractivity contribution in [3.05, 3.63) is 23.8 Å². The van der Waals surface area contributed by atoms with E-state index in [9.17, 15) is 24.3 Å². The lowest BCUT2D eigenvalue weighted by Gasteiger charge is -2.34. The van der Waals surface area contributed by atoms with Crippen molar-refractivity contribution in [2.75, 3.05) is 0 Å². The van der Waals surface area contributed by atoms with Crippen LogP contribution in [0.5, 0.6) is 11.5 Å². The van der Waals surface area contributed by atoms with Crippen LogP contribution in [0.2, 0.25) is 0 Å². The fourth-order valence-corrected chi connectivity index (χ4v) is 2.80. The molecule has 0 amide bonds. The van der Waals surface area contributed by atoms with Gasteiger partial charge >= 0.3 is 23.9 Å². The number of carboxylic acid groups (broad SMARTS) is 1. The molecule has 35 heavy (non-hydrogen) atoms. The summed E-state index contributed by atoms with van der Waals surface area (Å²) in [6, 6.07) is 4.13. The first-order valence-electron chi connectivity index (χ1n) is 12.1. The van der Waals surface area contributed by atoms with E-state index in [1.807, 2.05) is 13.8 Å². The Labute approximate surface area is 207 Å². The van der Waals surface area contributed by atoms with Gasteiger partial charge in [0.2, 0.25) is 0 Å². The van der Waals surface area contributed by atoms with Crippen molar-refractivity contribution < 1.29 is 38.5 Å². The van der Waals surface area contributed by atoms with E-state index in [1.165, 1.54) is 12.1 Å². The molecule has 0 saturated carbocycles. The molecule has 2 unspecified atom stereocenters. The number of hydrogen-bond donors (Lipinski definition) is 2. The van der Waals surface area contributed by atoms with Gasteiger partial charge in [-0.15, -0.1) is 0 Å². The summed E-state index contributed by atoms with van der Waals surface area (Å²) in [6.45, 7) is 13.8. The summed E-state index contributed by atoms with van der Waals surface area (Å²) in [5.74, 6) is -4.40. The number of hydrogen-bond acceptors (Lipinski definition) is 8. The molecule has 1 aromatic rings. The van der Waals surface area contributed by atoms with Crippen molar-refractivity contribution in [3.8, 4) is 11.5 Å². The Bertz CT molecular complexity index is 911. The Kier molecular flexibility index (Phi) is 11.4. The minimum absolute atomic E-state index is 0.0220. The molecular weight excluding hydrogens is 454 g/mol. The van der Waals surface area contributed by atoms with Crippen molar-refractivity contribution in [2.24, 2.45) is 17.8 Å². The molecule has 0 radical (unpaired) electrons. The molecule has 3 atom stereocenters. The fourth-order valence-electron chi connectivity index (χ4n) is 2.80. The minimum atomic E-state index is -2.05. The second-order valence-corrected chi connectivity index (χ2v) is 9.43. The van der Waals surface area contributed by atoms with Crippen LogP contribution < -0.4 is 14.8 Å². The summed E-state index contributed by atoms with van der Waals surface area (Å²) in [4.78, 5) is 49.5. The lowest BCUT2D eigenvalue weighted by Crippen LogP contribution is -2.60. The highest BCUT2D eigenvalue weighted by Crippen LogP contribution is 2.32. The Morgan fingerprint density at radius 2 is 1.40 bits per heavy atom. The molecular formula is C26H39NO8. The van der Waals surface area contributed by atoms with Crippen molar-refractivity contribution >= 4 is 23.9 Å². The van der Waals surface area contributed by atoms with Gasteiger partial charge in [-0.2, -0.15) is 0 Å². The number of ether oxygens (including phenoxy) is 3. The predicted octanol–water partition coefficient (Wildman–Crippen LogP) is 4.11. The van der Waals surface area contributed by atoms with E-state index < -0.39 is 47.4 Å². The number of rotatable bonds is 13. The second kappa shape index (κ2) is 13.2. The van der Waals surface area contributed by atoms with Crippen LogP contribution >= 0.6 is 0 Å². The highest BCUT2D eigenvalue weighted by Gasteiger charge is 2.44. The molecule has 9 nitrogen and oxygen atoms in total. The van der Waals surface area contributed by atoms with E-state index >= 15 is 0 Å². The summed E-state index contributed by atoms with van der Waals surface area (Å²) in [6.07, 6.45) is 0.833. The van der Waals surface area contributed by atoms with Gasteiger partial charge in [0.1, 0.15) is 0 Å². The highest BCUT2D eigenvalue weighted by atomic mass is 16.6. The average molecular weight is 494 g/mol. The molecule has 0 heterocycles. The Morgan fingerprint density at radius 3 is 1.86 bits per heavy atom. The van der Waals surface area contributed by atoms with E-state index in [2.05, 4.69) is 5.32 Å². The van der Waals surface area contributed by atoms with Gasteiger partial charge in [0.05, 0.1) is 17.8 Å². The summed E-state index contributed by atoms with van der Waals surface area (Å²) in [5.41, 5.74) is -1.65. The number of benzene rings is 1. The lowest BCUT2D eigenvalue weighted by atomic mass is 9.99. The molecule has 0 bridgehead atoms. The van der Waals surface area contributed by atoms with E-state index in [4.69, 9.17) is 14.2 Å². The van der Waals surface area contributed by atoms with Gasteiger partial charge in [0, 0.05) is 12.5 Å². The first-order chi connectivity index (χ1) is 16.3. The standard InChI is InChI=1S/C26H39NO8/c1-9-17(7)24(30)35-26(25(31)32,27-18(8)10-2)14-19-11-12-20(33-22(28)15(3)4)21(13-19)34-23(29)16(5)6/h11-13,15-18,27H,9-10,14H2,1-8H3,(H,31,32)/t17?,18?,26-/m0/s1. The largest absolute Gasteiger partial charge is 0.477 e. The molecule has 9 heteroatoms. The van der Waals surface area contributed by atoms with Gasteiger partial charge < -0.3 is 19.3 Å². The van der Waals surface area contributed by atoms with Crippen LogP contribution in [-0.4, -0.2) is 40.8 Å². The predicted molar refractivity (Wildman–Crippen MR) is 130 cm³/mol. The van der Waals surface area contributed by atoms with E-state index in [1.54, 1.807) is 47.6 Å². The monoisotopic (exact) mass is 493 g/mol. The zero-order valence-electron chi connectivity index (χ0n) is 22.0. The quantitative estimate of drug-likeness (QED) is 0.237. The number of esters is 3. The van der Waals surface area contributed by atoms with E-state index in [0.717, 1.165) is 0 Å². The number of carbonyl (C=O) groups excluding carboxylic acids is 3. The maximum atomic E-state index is 12.6. The first-order valence-corrected chi connectivity index (χ1v) is 12.1. The van der Waals surface area contributed by atoms with Crippen LogP contribution in [0.4, 0.5) is 0 Å². The molecule has 0 spiro atoms. The zero-order valence-corrected chi connectivity index (χ0v) is 22.0. The van der Waals surface area contributed by atoms with Crippen LogP contribution in [0.1, 0.15) is 73.8 Å². The topological polar surface area (TPSA) is 128 Å². The van der Waals surface area contributed by atoms with Crippen molar-refractivity contribution in [1.29, 1.82) is 0 Å². The first kappa shape index (κ1) is 30.1. The van der Waals surface area contributed by atoms with Crippen LogP contribution in [0.15, 0.2) is 18.2 Å². The van der Waals surface area contributed by atoms with Gasteiger partial charge in [-0.1, -0.05) is 54.5 Å². The zero-order chi connectivity index (χ0) is 26.9. The number of carbonyl (C=O) groups is 4. The molecule has 0 aromatic heterocycles. The SMILES string of the molecule is CCC(C)N[C@@](Cc1ccc(OC(=O)C(C)C)c(OC(=O)C(C)C)c1)(OC(=O)C(C)CC)C(=O)O. The Hall–Kier alpha value is -2.94. The van der Waals surface area contributed by atoms with Crippen molar-refractivity contribution in [3.63, 3.8) is 0 Å². The van der Waals surface area contributed by atoms with E-state index in [0.29, 0.717) is 18.4 Å². The van der Waals surface area contributed by atoms with Gasteiger partial charge in [-0.3, -0.25) is 19.7 Å². The summed E-state index contributed by atoms with van der Waals surface area (Å²) >= 11 is 0. The summed E-state index contributed by atoms with van der Waals surface area (Å²) in [7, 11) is 0. The van der Waals surface area contributed by atoms with Gasteiger partial charge in [0.15, 0.2) is 11.5 Å². The van der Waals surface area contributed by atoms with Crippen LogP contribution in [0.25, 0.3) is 0 Å². The van der Waals surface area contributed by atoms with Crippen LogP contribution in [-0.2, 0) is 30.3 Å². The number of nitrogens with one attached hydrogen (secondary N) is 1. The average Bonchev–Trinajstić information content (AvgIpc) is 2.79. The molecule has 2 N–H and O–H groups in total. The van der Waals surface area contributed by atoms with Gasteiger partial charge in [-0.25, -0.2) is 4.79 Å². The summed E-state index contributed by atoms with van der Waals surface area (Å²) in [5, 5.41) is 13.1. The molecule has 0 aliphatic carbocycles. The Morgan fingerprint density at radius 1 is 0.857 bits per heavy atom. The van der Waals surface area contributed by atoms with Crippen LogP contribution in [0, 0.1) is 17.8 Å². The fraction of sp³-hybridized carbons (Fsp3) is 0.615. The third-order valence-electron chi connectivity index (χ3n) is 5.55. The second-order valence-electron chi connectivity index (χ2n) is 9.43. The third-order valence-corrected chi connectivity index (χ3v) is 5.55. The third kappa shape index (κ3) is 8.65. The molecule has 1 aromatic carbocycles. The van der Waals surface area contributed by atoms with Gasteiger partial charge in [0.25, 0.3) is 5.72 Å². The normalized spacial score (nSPS) is 14.7.